The predicted molar refractivity (Wildman–Crippen MR) is 141 cm³/mol. The van der Waals surface area contributed by atoms with Gasteiger partial charge in [0.05, 0.1) is 16.7 Å². The lowest BCUT2D eigenvalue weighted by Gasteiger charge is -2.37. The fourth-order valence-corrected chi connectivity index (χ4v) is 4.27. The van der Waals surface area contributed by atoms with Gasteiger partial charge in [0, 0.05) is 12.4 Å². The zero-order chi connectivity index (χ0) is 28.8. The van der Waals surface area contributed by atoms with E-state index >= 15 is 0 Å². The van der Waals surface area contributed by atoms with Gasteiger partial charge >= 0.3 is 23.9 Å². The number of nitrogens with one attached hydrogen (secondary N) is 1. The van der Waals surface area contributed by atoms with E-state index in [9.17, 15) is 24.4 Å². The Kier molecular flexibility index (Phi) is 8.23. The molecule has 0 bridgehead atoms. The van der Waals surface area contributed by atoms with Crippen LogP contribution in [0.1, 0.15) is 31.1 Å². The maximum absolute atomic E-state index is 13.1. The Balaban J connectivity index is 1.46. The molecule has 0 radical (unpaired) electrons. The monoisotopic (exact) mass is 558 g/mol. The molecule has 41 heavy (non-hydrogen) atoms. The molecule has 1 N–H and O–H groups in total. The van der Waals surface area contributed by atoms with E-state index in [0.717, 1.165) is 17.3 Å². The summed E-state index contributed by atoms with van der Waals surface area (Å²) < 4.78 is 23.1. The molecule has 2 heterocycles. The van der Waals surface area contributed by atoms with E-state index in [2.05, 4.69) is 0 Å². The largest absolute Gasteiger partial charge is 0.739 e. The van der Waals surface area contributed by atoms with E-state index in [1.165, 1.54) is 24.3 Å². The van der Waals surface area contributed by atoms with Crippen LogP contribution in [-0.4, -0.2) is 65.2 Å². The molecule has 0 spiro atoms. The van der Waals surface area contributed by atoms with E-state index in [0.29, 0.717) is 0 Å². The molecule has 0 aromatic heterocycles. The van der Waals surface area contributed by atoms with Crippen molar-refractivity contribution in [2.45, 2.75) is 24.5 Å². The molecule has 1 saturated heterocycles. The summed E-state index contributed by atoms with van der Waals surface area (Å²) in [5.41, 5.74) is 2.73. The molecule has 0 aliphatic carbocycles. The summed E-state index contributed by atoms with van der Waals surface area (Å²) >= 11 is 0. The number of carbonyl (C=O) groups is 4. The van der Waals surface area contributed by atoms with Gasteiger partial charge in [-0.05, 0) is 36.4 Å². The highest BCUT2D eigenvalue weighted by Gasteiger charge is 2.53. The number of hydrazine groups is 1. The average Bonchev–Trinajstić information content (AvgIpc) is 3.33. The van der Waals surface area contributed by atoms with Crippen molar-refractivity contribution >= 4 is 23.9 Å². The lowest BCUT2D eigenvalue weighted by Crippen LogP contribution is -2.54. The van der Waals surface area contributed by atoms with E-state index in [-0.39, 0.29) is 21.9 Å². The van der Waals surface area contributed by atoms with Crippen molar-refractivity contribution < 1.29 is 38.1 Å². The van der Waals surface area contributed by atoms with E-state index in [1.807, 2.05) is 5.43 Å². The summed E-state index contributed by atoms with van der Waals surface area (Å²) in [6.07, 6.45) is -3.09. The molecule has 0 unspecified atom stereocenters. The molecule has 3 aromatic rings. The number of ether oxygens (including phenoxy) is 4. The maximum atomic E-state index is 13.1. The third-order valence-corrected chi connectivity index (χ3v) is 6.26. The molecule has 5 rings (SSSR count). The Morgan fingerprint density at radius 1 is 0.732 bits per heavy atom. The number of hydroxylamine groups is 1. The standard InChI is InChI=1S/C29H24N3O9/c33-26(19-10-4-1-5-11-19)38-18-22-23(40-27(34)20-12-6-2-7-13-20)24(41-28(35)21-14-8-3-9-15-21)25(39-22)31-16-17-32(37)30-29(31)36/h1-17,22-25H,18H2,(H,30,36)/q-1/t22-,23-,24+,25-/m1/s1. The first kappa shape index (κ1) is 27.4. The van der Waals surface area contributed by atoms with Crippen LogP contribution in [0, 0.1) is 5.21 Å². The average molecular weight is 559 g/mol. The van der Waals surface area contributed by atoms with Crippen LogP contribution in [0.2, 0.25) is 0 Å². The molecular weight excluding hydrogens is 534 g/mol. The second-order valence-electron chi connectivity index (χ2n) is 8.95. The lowest BCUT2D eigenvalue weighted by atomic mass is 10.1. The van der Waals surface area contributed by atoms with Gasteiger partial charge in [-0.1, -0.05) is 54.6 Å². The molecule has 2 amide bonds. The summed E-state index contributed by atoms with van der Waals surface area (Å²) in [7, 11) is 0. The molecule has 3 aromatic carbocycles. The van der Waals surface area contributed by atoms with Crippen LogP contribution < -0.4 is 5.43 Å². The number of rotatable bonds is 8. The van der Waals surface area contributed by atoms with Crippen LogP contribution in [-0.2, 0) is 18.9 Å². The number of carbonyl (C=O) groups excluding carboxylic acids is 4. The Morgan fingerprint density at radius 3 is 1.73 bits per heavy atom. The molecule has 4 atom stereocenters. The predicted octanol–water partition coefficient (Wildman–Crippen LogP) is 3.23. The van der Waals surface area contributed by atoms with E-state index < -0.39 is 55.1 Å². The first-order valence-corrected chi connectivity index (χ1v) is 12.5. The molecule has 2 aliphatic heterocycles. The topological polar surface area (TPSA) is 147 Å². The minimum Gasteiger partial charge on any atom is -0.739 e. The van der Waals surface area contributed by atoms with Gasteiger partial charge in [0.2, 0.25) is 0 Å². The summed E-state index contributed by atoms with van der Waals surface area (Å²) in [5, 5.41) is 11.8. The smallest absolute Gasteiger partial charge is 0.341 e. The molecule has 1 fully saturated rings. The normalized spacial score (nSPS) is 21.6. The third kappa shape index (κ3) is 6.35. The summed E-state index contributed by atoms with van der Waals surface area (Å²) in [6, 6.07) is 23.5. The van der Waals surface area contributed by atoms with Gasteiger partial charge in [-0.3, -0.25) is 10.3 Å². The van der Waals surface area contributed by atoms with Crippen molar-refractivity contribution in [2.75, 3.05) is 6.61 Å². The number of esters is 3. The van der Waals surface area contributed by atoms with Gasteiger partial charge in [-0.2, -0.15) is 0 Å². The number of nitrogens with zero attached hydrogens (tertiary/aromatic N) is 2. The molecule has 210 valence electrons. The van der Waals surface area contributed by atoms with Crippen LogP contribution >= 0.6 is 0 Å². The molecule has 0 saturated carbocycles. The summed E-state index contributed by atoms with van der Waals surface area (Å²) in [6.45, 7) is -0.413. The Morgan fingerprint density at radius 2 is 1.22 bits per heavy atom. The highest BCUT2D eigenvalue weighted by molar-refractivity contribution is 5.91. The quantitative estimate of drug-likeness (QED) is 0.323. The van der Waals surface area contributed by atoms with Gasteiger partial charge in [0.25, 0.3) is 0 Å². The first-order valence-electron chi connectivity index (χ1n) is 12.5. The molecule has 12 heteroatoms. The first-order chi connectivity index (χ1) is 19.9. The van der Waals surface area contributed by atoms with Crippen molar-refractivity contribution in [3.05, 3.63) is 125 Å². The number of amides is 2. The SMILES string of the molecule is O=C(OC[C@H]1O[C@@H](N2C=CN([O-])NC2=O)[C@@H](OC(=O)c2ccccc2)[C@@H]1OC(=O)c1ccccc1)c1ccccc1. The molecular formula is C29H24N3O9-. The van der Waals surface area contributed by atoms with Crippen LogP contribution in [0.15, 0.2) is 103 Å². The summed E-state index contributed by atoms with van der Waals surface area (Å²) in [4.78, 5) is 52.6. The highest BCUT2D eigenvalue weighted by Crippen LogP contribution is 2.32. The molecule has 2 aliphatic rings. The second-order valence-corrected chi connectivity index (χ2v) is 8.95. The molecule has 12 nitrogen and oxygen atoms in total. The summed E-state index contributed by atoms with van der Waals surface area (Å²) in [5.74, 6) is -2.20. The second kappa shape index (κ2) is 12.3. The van der Waals surface area contributed by atoms with Crippen LogP contribution in [0.3, 0.4) is 0 Å². The third-order valence-electron chi connectivity index (χ3n) is 6.26. The number of hydrogen-bond donors (Lipinski definition) is 1. The van der Waals surface area contributed by atoms with E-state index in [4.69, 9.17) is 18.9 Å². The van der Waals surface area contributed by atoms with Gasteiger partial charge in [0.15, 0.2) is 18.4 Å². The van der Waals surface area contributed by atoms with Crippen LogP contribution in [0.25, 0.3) is 0 Å². The van der Waals surface area contributed by atoms with Gasteiger partial charge in [0.1, 0.15) is 12.7 Å². The van der Waals surface area contributed by atoms with Crippen molar-refractivity contribution in [1.82, 2.24) is 15.5 Å². The van der Waals surface area contributed by atoms with Crippen LogP contribution in [0.5, 0.6) is 0 Å². The Bertz CT molecular complexity index is 1420. The van der Waals surface area contributed by atoms with Gasteiger partial charge < -0.3 is 29.3 Å². The van der Waals surface area contributed by atoms with Crippen molar-refractivity contribution in [3.63, 3.8) is 0 Å². The number of hydrogen-bond acceptors (Lipinski definition) is 10. The Labute approximate surface area is 234 Å². The minimum atomic E-state index is -1.38. The van der Waals surface area contributed by atoms with Crippen molar-refractivity contribution in [1.29, 1.82) is 0 Å². The lowest BCUT2D eigenvalue weighted by molar-refractivity contribution is -0.0751. The highest BCUT2D eigenvalue weighted by atomic mass is 16.7. The number of urea groups is 1. The van der Waals surface area contributed by atoms with Gasteiger partial charge in [-0.15, -0.1) is 0 Å². The zero-order valence-corrected chi connectivity index (χ0v) is 21.4. The van der Waals surface area contributed by atoms with Crippen molar-refractivity contribution in [2.24, 2.45) is 0 Å². The van der Waals surface area contributed by atoms with Gasteiger partial charge in [-0.25, -0.2) is 19.2 Å². The van der Waals surface area contributed by atoms with Crippen molar-refractivity contribution in [3.8, 4) is 0 Å². The maximum Gasteiger partial charge on any atom is 0.341 e. The fourth-order valence-electron chi connectivity index (χ4n) is 4.27. The minimum absolute atomic E-state index is 0.185. The zero-order valence-electron chi connectivity index (χ0n) is 21.4. The van der Waals surface area contributed by atoms with E-state index in [1.54, 1.807) is 66.7 Å². The number of benzene rings is 3. The van der Waals surface area contributed by atoms with Crippen LogP contribution in [0.4, 0.5) is 4.79 Å². The Hall–Kier alpha value is -5.20. The fraction of sp³-hybridized carbons (Fsp3) is 0.172.